The molecule has 9 heteroatoms. The number of ether oxygens (including phenoxy) is 1. The van der Waals surface area contributed by atoms with Gasteiger partial charge in [0.25, 0.3) is 5.91 Å². The molecule has 1 aromatic rings. The van der Waals surface area contributed by atoms with Crippen molar-refractivity contribution in [1.82, 2.24) is 15.5 Å². The van der Waals surface area contributed by atoms with Gasteiger partial charge in [-0.3, -0.25) is 14.4 Å². The predicted molar refractivity (Wildman–Crippen MR) is 77.1 cm³/mol. The number of carbonyl (C=O) groups excluding carboxylic acids is 3. The molecule has 126 valence electrons. The van der Waals surface area contributed by atoms with E-state index in [1.165, 1.54) is 43.3 Å². The van der Waals surface area contributed by atoms with Gasteiger partial charge in [0.05, 0.1) is 18.7 Å². The summed E-state index contributed by atoms with van der Waals surface area (Å²) in [6.07, 6.45) is 0. The molecular formula is C14H17F2N3O4. The minimum absolute atomic E-state index is 0.120. The third-order valence-corrected chi connectivity index (χ3v) is 2.69. The molecule has 0 unspecified atom stereocenters. The van der Waals surface area contributed by atoms with Crippen molar-refractivity contribution in [3.8, 4) is 5.75 Å². The van der Waals surface area contributed by atoms with E-state index in [0.29, 0.717) is 0 Å². The molecule has 0 fully saturated rings. The van der Waals surface area contributed by atoms with Gasteiger partial charge in [-0.1, -0.05) is 12.1 Å². The van der Waals surface area contributed by atoms with E-state index in [2.05, 4.69) is 15.4 Å². The Balaban J connectivity index is 2.54. The minimum Gasteiger partial charge on any atom is -0.434 e. The van der Waals surface area contributed by atoms with Crippen molar-refractivity contribution in [2.45, 2.75) is 6.61 Å². The second-order valence-corrected chi connectivity index (χ2v) is 4.62. The number of nitrogens with one attached hydrogen (secondary N) is 2. The van der Waals surface area contributed by atoms with E-state index in [1.54, 1.807) is 0 Å². The van der Waals surface area contributed by atoms with Crippen molar-refractivity contribution in [3.05, 3.63) is 29.8 Å². The van der Waals surface area contributed by atoms with Crippen LogP contribution in [0.1, 0.15) is 10.4 Å². The molecule has 7 nitrogen and oxygen atoms in total. The van der Waals surface area contributed by atoms with Gasteiger partial charge in [-0.25, -0.2) is 0 Å². The quantitative estimate of drug-likeness (QED) is 0.749. The topological polar surface area (TPSA) is 87.7 Å². The van der Waals surface area contributed by atoms with Crippen molar-refractivity contribution in [2.24, 2.45) is 0 Å². The van der Waals surface area contributed by atoms with E-state index < -0.39 is 25.0 Å². The largest absolute Gasteiger partial charge is 0.434 e. The maximum atomic E-state index is 12.3. The molecule has 0 saturated heterocycles. The maximum absolute atomic E-state index is 12.3. The van der Waals surface area contributed by atoms with Gasteiger partial charge >= 0.3 is 6.61 Å². The zero-order valence-corrected chi connectivity index (χ0v) is 12.6. The fraction of sp³-hybridized carbons (Fsp3) is 0.357. The van der Waals surface area contributed by atoms with Crippen molar-refractivity contribution in [2.75, 3.05) is 27.2 Å². The standard InChI is InChI=1S/C14H17F2N3O4/c1-19(2)12(21)8-17-11(20)7-18-13(22)9-5-3-4-6-10(9)23-14(15)16/h3-6,14H,7-8H2,1-2H3,(H,17,20)(H,18,22). The molecule has 3 amide bonds. The van der Waals surface area contributed by atoms with Gasteiger partial charge in [0.2, 0.25) is 11.8 Å². The first-order valence-corrected chi connectivity index (χ1v) is 6.60. The van der Waals surface area contributed by atoms with Crippen LogP contribution in [-0.2, 0) is 9.59 Å². The summed E-state index contributed by atoms with van der Waals surface area (Å²) >= 11 is 0. The fourth-order valence-corrected chi connectivity index (χ4v) is 1.50. The molecule has 1 rings (SSSR count). The molecule has 0 aliphatic carbocycles. The highest BCUT2D eigenvalue weighted by Crippen LogP contribution is 2.19. The number of para-hydroxylation sites is 1. The van der Waals surface area contributed by atoms with E-state index in [-0.39, 0.29) is 23.8 Å². The SMILES string of the molecule is CN(C)C(=O)CNC(=O)CNC(=O)c1ccccc1OC(F)F. The molecule has 0 spiro atoms. The predicted octanol–water partition coefficient (Wildman–Crippen LogP) is 0.222. The van der Waals surface area contributed by atoms with Gasteiger partial charge in [-0.05, 0) is 12.1 Å². The van der Waals surface area contributed by atoms with Crippen LogP contribution in [0.15, 0.2) is 24.3 Å². The second kappa shape index (κ2) is 8.66. The monoisotopic (exact) mass is 329 g/mol. The van der Waals surface area contributed by atoms with Crippen molar-refractivity contribution < 1.29 is 27.9 Å². The van der Waals surface area contributed by atoms with E-state index in [1.807, 2.05) is 0 Å². The molecular weight excluding hydrogens is 312 g/mol. The molecule has 0 atom stereocenters. The number of halogens is 2. The van der Waals surface area contributed by atoms with Crippen molar-refractivity contribution in [3.63, 3.8) is 0 Å². The van der Waals surface area contributed by atoms with Crippen LogP contribution in [0.3, 0.4) is 0 Å². The molecule has 2 N–H and O–H groups in total. The minimum atomic E-state index is -3.07. The van der Waals surface area contributed by atoms with Crippen LogP contribution in [0, 0.1) is 0 Å². The number of nitrogens with zero attached hydrogens (tertiary/aromatic N) is 1. The Kier molecular flexibility index (Phi) is 6.91. The lowest BCUT2D eigenvalue weighted by Crippen LogP contribution is -2.41. The van der Waals surface area contributed by atoms with Crippen LogP contribution >= 0.6 is 0 Å². The molecule has 0 heterocycles. The Morgan fingerprint density at radius 1 is 1.13 bits per heavy atom. The van der Waals surface area contributed by atoms with Gasteiger partial charge in [0.1, 0.15) is 5.75 Å². The van der Waals surface area contributed by atoms with Gasteiger partial charge in [0.15, 0.2) is 0 Å². The Morgan fingerprint density at radius 2 is 1.78 bits per heavy atom. The number of alkyl halides is 2. The first-order valence-electron chi connectivity index (χ1n) is 6.60. The lowest BCUT2D eigenvalue weighted by molar-refractivity contribution is -0.130. The smallest absolute Gasteiger partial charge is 0.387 e. The highest BCUT2D eigenvalue weighted by atomic mass is 19.3. The first kappa shape index (κ1) is 18.3. The lowest BCUT2D eigenvalue weighted by Gasteiger charge is -2.12. The molecule has 0 aromatic heterocycles. The Bertz CT molecular complexity index is 579. The van der Waals surface area contributed by atoms with E-state index in [0.717, 1.165) is 0 Å². The Hall–Kier alpha value is -2.71. The summed E-state index contributed by atoms with van der Waals surface area (Å²) < 4.78 is 28.8. The van der Waals surface area contributed by atoms with Gasteiger partial charge in [-0.2, -0.15) is 8.78 Å². The summed E-state index contributed by atoms with van der Waals surface area (Å²) in [5, 5.41) is 4.59. The fourth-order valence-electron chi connectivity index (χ4n) is 1.50. The van der Waals surface area contributed by atoms with Gasteiger partial charge in [-0.15, -0.1) is 0 Å². The molecule has 0 radical (unpaired) electrons. The zero-order chi connectivity index (χ0) is 17.4. The summed E-state index contributed by atoms with van der Waals surface area (Å²) in [5.74, 6) is -1.92. The third-order valence-electron chi connectivity index (χ3n) is 2.69. The lowest BCUT2D eigenvalue weighted by atomic mass is 10.2. The molecule has 0 bridgehead atoms. The first-order chi connectivity index (χ1) is 10.8. The highest BCUT2D eigenvalue weighted by molar-refractivity contribution is 5.99. The summed E-state index contributed by atoms with van der Waals surface area (Å²) in [4.78, 5) is 36.0. The van der Waals surface area contributed by atoms with Gasteiger partial charge < -0.3 is 20.3 Å². The Labute approximate surface area is 131 Å². The van der Waals surface area contributed by atoms with E-state index in [9.17, 15) is 23.2 Å². The van der Waals surface area contributed by atoms with E-state index in [4.69, 9.17) is 0 Å². The number of amides is 3. The molecule has 0 aliphatic heterocycles. The number of likely N-dealkylation sites (N-methyl/N-ethyl adjacent to an activating group) is 1. The normalized spacial score (nSPS) is 10.1. The maximum Gasteiger partial charge on any atom is 0.387 e. The number of hydrogen-bond acceptors (Lipinski definition) is 4. The van der Waals surface area contributed by atoms with Crippen LogP contribution in [0.4, 0.5) is 8.78 Å². The summed E-state index contributed by atoms with van der Waals surface area (Å²) in [5.41, 5.74) is -0.120. The summed E-state index contributed by atoms with van der Waals surface area (Å²) in [6, 6.07) is 5.43. The average Bonchev–Trinajstić information content (AvgIpc) is 2.50. The molecule has 0 aliphatic rings. The highest BCUT2D eigenvalue weighted by Gasteiger charge is 2.16. The van der Waals surface area contributed by atoms with Crippen LogP contribution in [-0.4, -0.2) is 56.4 Å². The number of hydrogen-bond donors (Lipinski definition) is 2. The van der Waals surface area contributed by atoms with Crippen LogP contribution in [0.5, 0.6) is 5.75 Å². The second-order valence-electron chi connectivity index (χ2n) is 4.62. The summed E-state index contributed by atoms with van der Waals surface area (Å²) in [7, 11) is 3.08. The Morgan fingerprint density at radius 3 is 2.39 bits per heavy atom. The summed E-state index contributed by atoms with van der Waals surface area (Å²) in [6.45, 7) is -3.67. The third kappa shape index (κ3) is 6.29. The molecule has 1 aromatic carbocycles. The van der Waals surface area contributed by atoms with Crippen LogP contribution in [0.2, 0.25) is 0 Å². The number of carbonyl (C=O) groups is 3. The number of benzene rings is 1. The van der Waals surface area contributed by atoms with Crippen molar-refractivity contribution in [1.29, 1.82) is 0 Å². The number of rotatable bonds is 7. The van der Waals surface area contributed by atoms with Crippen molar-refractivity contribution >= 4 is 17.7 Å². The average molecular weight is 329 g/mol. The van der Waals surface area contributed by atoms with Crippen LogP contribution in [0.25, 0.3) is 0 Å². The van der Waals surface area contributed by atoms with E-state index >= 15 is 0 Å². The molecule has 0 saturated carbocycles. The van der Waals surface area contributed by atoms with Crippen LogP contribution < -0.4 is 15.4 Å². The van der Waals surface area contributed by atoms with Gasteiger partial charge in [0, 0.05) is 14.1 Å². The molecule has 23 heavy (non-hydrogen) atoms. The zero-order valence-electron chi connectivity index (χ0n) is 12.6.